The lowest BCUT2D eigenvalue weighted by Crippen LogP contribution is -2.32. The van der Waals surface area contributed by atoms with Gasteiger partial charge in [0.2, 0.25) is 0 Å². The van der Waals surface area contributed by atoms with Gasteiger partial charge < -0.3 is 14.2 Å². The molecule has 0 radical (unpaired) electrons. The fourth-order valence-electron chi connectivity index (χ4n) is 5.65. The molecular weight excluding hydrogens is 628 g/mol. The Bertz CT molecular complexity index is 1640. The molecule has 1 heterocycles. The summed E-state index contributed by atoms with van der Waals surface area (Å²) in [6.07, 6.45) is 3.64. The van der Waals surface area contributed by atoms with Crippen molar-refractivity contribution in [3.63, 3.8) is 0 Å². The molecule has 5 aromatic rings. The van der Waals surface area contributed by atoms with E-state index in [-0.39, 0.29) is 24.1 Å². The maximum Gasteiger partial charge on any atom is 0.258 e. The van der Waals surface area contributed by atoms with Crippen LogP contribution in [0.1, 0.15) is 38.8 Å². The van der Waals surface area contributed by atoms with E-state index >= 15 is 4.39 Å². The van der Waals surface area contributed by atoms with Gasteiger partial charge in [0.25, 0.3) is 5.91 Å². The third-order valence-electron chi connectivity index (χ3n) is 7.65. The number of imidazole rings is 1. The predicted molar refractivity (Wildman–Crippen MR) is 166 cm³/mol. The van der Waals surface area contributed by atoms with E-state index in [9.17, 15) is 4.79 Å². The number of hydrogen-bond acceptors (Lipinski definition) is 3. The summed E-state index contributed by atoms with van der Waals surface area (Å²) >= 11 is 2.03. The van der Waals surface area contributed by atoms with Crippen LogP contribution >= 0.6 is 22.6 Å². The largest absolute Gasteiger partial charge is 0.497 e. The van der Waals surface area contributed by atoms with Crippen LogP contribution in [0.3, 0.4) is 0 Å². The lowest BCUT2D eigenvalue weighted by Gasteiger charge is -2.26. The van der Waals surface area contributed by atoms with Gasteiger partial charge in [-0.1, -0.05) is 72.8 Å². The van der Waals surface area contributed by atoms with Gasteiger partial charge in [-0.3, -0.25) is 4.79 Å². The Morgan fingerprint density at radius 2 is 1.61 bits per heavy atom. The molecule has 5 nitrogen and oxygen atoms in total. The van der Waals surface area contributed by atoms with Crippen molar-refractivity contribution < 1.29 is 13.9 Å². The first-order chi connectivity index (χ1) is 20.0. The van der Waals surface area contributed by atoms with E-state index in [2.05, 4.69) is 41.0 Å². The van der Waals surface area contributed by atoms with Crippen molar-refractivity contribution in [2.75, 3.05) is 7.11 Å². The van der Waals surface area contributed by atoms with E-state index in [1.165, 1.54) is 17.2 Å². The number of fused-ring (bicyclic) bond motifs is 1. The maximum atomic E-state index is 15.1. The summed E-state index contributed by atoms with van der Waals surface area (Å²) in [5.41, 5.74) is 5.62. The topological polar surface area (TPSA) is 47.4 Å². The van der Waals surface area contributed by atoms with E-state index in [1.54, 1.807) is 24.1 Å². The number of aromatic nitrogens is 2. The van der Waals surface area contributed by atoms with Gasteiger partial charge in [0, 0.05) is 21.7 Å². The van der Waals surface area contributed by atoms with Crippen molar-refractivity contribution in [2.24, 2.45) is 0 Å². The molecule has 0 bridgehead atoms. The van der Waals surface area contributed by atoms with Crippen LogP contribution in [0, 0.1) is 9.39 Å². The highest BCUT2D eigenvalue weighted by Gasteiger charge is 2.29. The number of rotatable bonds is 8. The first-order valence-electron chi connectivity index (χ1n) is 13.6. The quantitative estimate of drug-likeness (QED) is 0.163. The first kappa shape index (κ1) is 27.2. The fourth-order valence-corrected chi connectivity index (χ4v) is 6.34. The van der Waals surface area contributed by atoms with Crippen molar-refractivity contribution in [1.29, 1.82) is 0 Å². The van der Waals surface area contributed by atoms with E-state index < -0.39 is 5.82 Å². The van der Waals surface area contributed by atoms with Crippen LogP contribution in [-0.2, 0) is 25.9 Å². The van der Waals surface area contributed by atoms with Crippen LogP contribution in [0.2, 0.25) is 0 Å². The predicted octanol–water partition coefficient (Wildman–Crippen LogP) is 7.48. The van der Waals surface area contributed by atoms with Crippen LogP contribution in [0.15, 0.2) is 103 Å². The summed E-state index contributed by atoms with van der Waals surface area (Å²) in [5, 5.41) is 0. The minimum atomic E-state index is -0.522. The van der Waals surface area contributed by atoms with Crippen LogP contribution in [0.5, 0.6) is 5.75 Å². The molecule has 206 valence electrons. The lowest BCUT2D eigenvalue weighted by molar-refractivity contribution is 0.0719. The zero-order valence-electron chi connectivity index (χ0n) is 22.6. The second-order valence-corrected chi connectivity index (χ2v) is 11.4. The Kier molecular flexibility index (Phi) is 7.87. The maximum absolute atomic E-state index is 15.1. The minimum Gasteiger partial charge on any atom is -0.497 e. The Labute approximate surface area is 252 Å². The number of ether oxygens (including phenoxy) is 1. The van der Waals surface area contributed by atoms with Crippen LogP contribution in [-0.4, -0.2) is 27.5 Å². The Hall–Kier alpha value is -3.98. The molecule has 0 aliphatic heterocycles. The molecule has 6 rings (SSSR count). The van der Waals surface area contributed by atoms with E-state index in [0.717, 1.165) is 41.2 Å². The van der Waals surface area contributed by atoms with Crippen molar-refractivity contribution in [3.05, 3.63) is 141 Å². The number of halogens is 2. The molecule has 0 N–H and O–H groups in total. The average Bonchev–Trinajstić information content (AvgIpc) is 3.61. The molecule has 0 spiro atoms. The highest BCUT2D eigenvalue weighted by molar-refractivity contribution is 14.1. The van der Waals surface area contributed by atoms with E-state index in [4.69, 9.17) is 9.72 Å². The molecule has 0 atom stereocenters. The Balaban J connectivity index is 1.41. The van der Waals surface area contributed by atoms with Gasteiger partial charge in [-0.25, -0.2) is 9.37 Å². The first-order valence-corrected chi connectivity index (χ1v) is 14.6. The molecule has 1 aromatic heterocycles. The lowest BCUT2D eigenvalue weighted by atomic mass is 10.1. The third kappa shape index (κ3) is 5.63. The van der Waals surface area contributed by atoms with Crippen LogP contribution < -0.4 is 4.74 Å². The highest BCUT2D eigenvalue weighted by Crippen LogP contribution is 2.35. The second-order valence-electron chi connectivity index (χ2n) is 10.2. The molecule has 41 heavy (non-hydrogen) atoms. The zero-order chi connectivity index (χ0) is 28.3. The van der Waals surface area contributed by atoms with Gasteiger partial charge in [0.15, 0.2) is 0 Å². The zero-order valence-corrected chi connectivity index (χ0v) is 24.8. The smallest absolute Gasteiger partial charge is 0.258 e. The van der Waals surface area contributed by atoms with E-state index in [0.29, 0.717) is 10.1 Å². The number of methoxy groups -OCH3 is 1. The molecule has 4 aromatic carbocycles. The molecule has 1 amide bonds. The van der Waals surface area contributed by atoms with Crippen molar-refractivity contribution in [1.82, 2.24) is 14.5 Å². The number of amides is 1. The van der Waals surface area contributed by atoms with Crippen molar-refractivity contribution in [3.8, 4) is 17.1 Å². The van der Waals surface area contributed by atoms with Crippen LogP contribution in [0.4, 0.5) is 4.39 Å². The summed E-state index contributed by atoms with van der Waals surface area (Å²) in [7, 11) is 1.62. The number of hydrogen-bond donors (Lipinski definition) is 0. The molecule has 0 saturated heterocycles. The summed E-state index contributed by atoms with van der Waals surface area (Å²) in [6.45, 7) is 0.589. The molecular formula is C34H29FIN3O2. The average molecular weight is 658 g/mol. The third-order valence-corrected chi connectivity index (χ3v) is 8.55. The highest BCUT2D eigenvalue weighted by atomic mass is 127. The molecule has 0 saturated carbocycles. The molecule has 0 unspecified atom stereocenters. The SMILES string of the molecule is COc1ccc(CN(Cc2cnc(-c3ccccc3)n2C2Cc3ccccc3C2)C(=O)c2c(F)cccc2I)cc1. The minimum absolute atomic E-state index is 0.0873. The molecule has 7 heteroatoms. The second kappa shape index (κ2) is 11.9. The molecule has 0 fully saturated rings. The Morgan fingerprint density at radius 1 is 0.927 bits per heavy atom. The van der Waals surface area contributed by atoms with Gasteiger partial charge in [-0.15, -0.1) is 0 Å². The van der Waals surface area contributed by atoms with Gasteiger partial charge in [0.1, 0.15) is 17.4 Å². The summed E-state index contributed by atoms with van der Waals surface area (Å²) in [4.78, 5) is 20.6. The monoisotopic (exact) mass is 657 g/mol. The fraction of sp³-hybridized carbons (Fsp3) is 0.176. The molecule has 1 aliphatic rings. The number of benzene rings is 4. The number of carbonyl (C=O) groups excluding carboxylic acids is 1. The summed E-state index contributed by atoms with van der Waals surface area (Å²) in [5.74, 6) is 0.732. The molecule has 1 aliphatic carbocycles. The van der Waals surface area contributed by atoms with Gasteiger partial charge in [-0.05, 0) is 76.4 Å². The van der Waals surface area contributed by atoms with Gasteiger partial charge in [0.05, 0.1) is 31.1 Å². The number of nitrogens with zero attached hydrogens (tertiary/aromatic N) is 3. The normalized spacial score (nSPS) is 12.8. The summed E-state index contributed by atoms with van der Waals surface area (Å²) in [6, 6.07) is 31.2. The van der Waals surface area contributed by atoms with Crippen molar-refractivity contribution >= 4 is 28.5 Å². The van der Waals surface area contributed by atoms with Gasteiger partial charge in [-0.2, -0.15) is 0 Å². The van der Waals surface area contributed by atoms with Crippen molar-refractivity contribution in [2.45, 2.75) is 32.0 Å². The van der Waals surface area contributed by atoms with Crippen LogP contribution in [0.25, 0.3) is 11.4 Å². The standard InChI is InChI=1S/C34H29FIN3O2/c1-41-29-16-14-23(15-17-29)21-38(34(40)32-30(35)12-7-13-31(32)36)22-28-20-37-33(24-8-3-2-4-9-24)39(28)27-18-25-10-5-6-11-26(25)19-27/h2-17,20,27H,18-19,21-22H2,1H3. The Morgan fingerprint density at radius 3 is 2.27 bits per heavy atom. The summed E-state index contributed by atoms with van der Waals surface area (Å²) < 4.78 is 23.2. The number of carbonyl (C=O) groups is 1. The van der Waals surface area contributed by atoms with Gasteiger partial charge >= 0.3 is 0 Å². The van der Waals surface area contributed by atoms with E-state index in [1.807, 2.05) is 71.3 Å².